The fourth-order valence-electron chi connectivity index (χ4n) is 2.38. The number of para-hydroxylation sites is 1. The molecule has 0 saturated heterocycles. The number of benzene rings is 2. The summed E-state index contributed by atoms with van der Waals surface area (Å²) in [7, 11) is 3.48. The second kappa shape index (κ2) is 8.65. The number of carbonyl (C=O) groups is 2. The quantitative estimate of drug-likeness (QED) is 0.861. The molecule has 1 unspecified atom stereocenters. The molecule has 1 N–H and O–H groups in total. The predicted octanol–water partition coefficient (Wildman–Crippen LogP) is 3.26. The van der Waals surface area contributed by atoms with Crippen LogP contribution in [0.3, 0.4) is 0 Å². The van der Waals surface area contributed by atoms with E-state index in [-0.39, 0.29) is 18.4 Å². The van der Waals surface area contributed by atoms with Crippen LogP contribution < -0.4 is 10.2 Å². The largest absolute Gasteiger partial charge is 0.325 e. The van der Waals surface area contributed by atoms with E-state index in [2.05, 4.69) is 5.32 Å². The Morgan fingerprint density at radius 1 is 1.08 bits per heavy atom. The van der Waals surface area contributed by atoms with Crippen molar-refractivity contribution in [3.05, 3.63) is 59.6 Å². The van der Waals surface area contributed by atoms with Gasteiger partial charge in [0, 0.05) is 23.4 Å². The number of nitrogens with zero attached hydrogens (tertiary/aromatic N) is 2. The summed E-state index contributed by atoms with van der Waals surface area (Å²) in [6.45, 7) is 1.89. The number of halogens is 1. The van der Waals surface area contributed by atoms with Gasteiger partial charge in [-0.05, 0) is 44.3 Å². The van der Waals surface area contributed by atoms with E-state index in [4.69, 9.17) is 11.6 Å². The topological polar surface area (TPSA) is 52.7 Å². The summed E-state index contributed by atoms with van der Waals surface area (Å²) in [5, 5.41) is 3.33. The summed E-state index contributed by atoms with van der Waals surface area (Å²) in [6.07, 6.45) is 0. The van der Waals surface area contributed by atoms with Gasteiger partial charge in [0.1, 0.15) is 0 Å². The van der Waals surface area contributed by atoms with Gasteiger partial charge in [0.15, 0.2) is 0 Å². The molecule has 2 rings (SSSR count). The predicted molar refractivity (Wildman–Crippen MR) is 102 cm³/mol. The Balaban J connectivity index is 1.93. The van der Waals surface area contributed by atoms with E-state index in [9.17, 15) is 9.59 Å². The van der Waals surface area contributed by atoms with Gasteiger partial charge in [0.05, 0.1) is 12.6 Å². The Morgan fingerprint density at radius 2 is 1.76 bits per heavy atom. The van der Waals surface area contributed by atoms with E-state index in [1.807, 2.05) is 30.3 Å². The number of rotatable bonds is 6. The van der Waals surface area contributed by atoms with Crippen molar-refractivity contribution in [1.29, 1.82) is 0 Å². The van der Waals surface area contributed by atoms with Gasteiger partial charge in [-0.25, -0.2) is 0 Å². The second-order valence-electron chi connectivity index (χ2n) is 5.88. The molecule has 0 aliphatic heterocycles. The van der Waals surface area contributed by atoms with E-state index < -0.39 is 6.04 Å². The van der Waals surface area contributed by atoms with Gasteiger partial charge in [-0.3, -0.25) is 14.5 Å². The number of anilines is 2. The summed E-state index contributed by atoms with van der Waals surface area (Å²) < 4.78 is 0. The lowest BCUT2D eigenvalue weighted by molar-refractivity contribution is -0.124. The van der Waals surface area contributed by atoms with Gasteiger partial charge < -0.3 is 10.2 Å². The normalized spacial score (nSPS) is 11.9. The summed E-state index contributed by atoms with van der Waals surface area (Å²) >= 11 is 5.91. The van der Waals surface area contributed by atoms with Crippen LogP contribution in [0.2, 0.25) is 5.02 Å². The first-order valence-electron chi connectivity index (χ1n) is 7.96. The van der Waals surface area contributed by atoms with Crippen molar-refractivity contribution in [2.45, 2.75) is 13.0 Å². The van der Waals surface area contributed by atoms with E-state index in [1.165, 1.54) is 0 Å². The zero-order valence-corrected chi connectivity index (χ0v) is 15.3. The Bertz CT molecular complexity index is 736. The molecule has 5 nitrogen and oxygen atoms in total. The van der Waals surface area contributed by atoms with Crippen molar-refractivity contribution < 1.29 is 9.59 Å². The van der Waals surface area contributed by atoms with Crippen LogP contribution in [-0.2, 0) is 9.59 Å². The highest BCUT2D eigenvalue weighted by atomic mass is 35.5. The molecule has 2 aromatic rings. The molecule has 0 aliphatic rings. The monoisotopic (exact) mass is 359 g/mol. The molecule has 2 aromatic carbocycles. The minimum Gasteiger partial charge on any atom is -0.325 e. The minimum absolute atomic E-state index is 0.0794. The summed E-state index contributed by atoms with van der Waals surface area (Å²) in [6, 6.07) is 15.9. The van der Waals surface area contributed by atoms with Crippen molar-refractivity contribution >= 4 is 34.8 Å². The van der Waals surface area contributed by atoms with Crippen LogP contribution in [0.1, 0.15) is 6.92 Å². The smallest absolute Gasteiger partial charge is 0.243 e. The number of hydrogen-bond donors (Lipinski definition) is 1. The molecule has 0 fully saturated rings. The van der Waals surface area contributed by atoms with Crippen molar-refractivity contribution in [2.24, 2.45) is 0 Å². The average molecular weight is 360 g/mol. The average Bonchev–Trinajstić information content (AvgIpc) is 2.60. The number of amides is 2. The van der Waals surface area contributed by atoms with Crippen molar-refractivity contribution in [1.82, 2.24) is 4.90 Å². The molecule has 0 saturated carbocycles. The molecule has 6 heteroatoms. The van der Waals surface area contributed by atoms with Crippen molar-refractivity contribution in [3.63, 3.8) is 0 Å². The van der Waals surface area contributed by atoms with Gasteiger partial charge in [-0.2, -0.15) is 0 Å². The summed E-state index contributed by atoms with van der Waals surface area (Å²) in [5.74, 6) is -0.281. The maximum Gasteiger partial charge on any atom is 0.243 e. The molecular formula is C19H22ClN3O2. The maximum atomic E-state index is 12.6. The van der Waals surface area contributed by atoms with E-state index in [0.717, 1.165) is 5.69 Å². The fourth-order valence-corrected chi connectivity index (χ4v) is 2.57. The van der Waals surface area contributed by atoms with Crippen LogP contribution >= 0.6 is 11.6 Å². The lowest BCUT2D eigenvalue weighted by Gasteiger charge is -2.27. The van der Waals surface area contributed by atoms with Crippen molar-refractivity contribution in [2.75, 3.05) is 30.9 Å². The molecule has 0 heterocycles. The standard InChI is InChI=1S/C19H22ClN3O2/c1-14(19(25)23(3)17-10-5-4-6-11-17)22(2)13-18(24)21-16-9-7-8-15(20)12-16/h4-12,14H,13H2,1-3H3,(H,21,24). The van der Waals surface area contributed by atoms with E-state index in [1.54, 1.807) is 55.1 Å². The van der Waals surface area contributed by atoms with Crippen LogP contribution in [0.5, 0.6) is 0 Å². The lowest BCUT2D eigenvalue weighted by Crippen LogP contribution is -2.46. The number of carbonyl (C=O) groups excluding carboxylic acids is 2. The van der Waals surface area contributed by atoms with Crippen LogP contribution in [0.4, 0.5) is 11.4 Å². The third-order valence-electron chi connectivity index (χ3n) is 3.99. The van der Waals surface area contributed by atoms with E-state index in [0.29, 0.717) is 10.7 Å². The molecule has 0 bridgehead atoms. The number of likely N-dealkylation sites (N-methyl/N-ethyl adjacent to an activating group) is 2. The number of nitrogens with one attached hydrogen (secondary N) is 1. The zero-order valence-electron chi connectivity index (χ0n) is 14.6. The highest BCUT2D eigenvalue weighted by molar-refractivity contribution is 6.30. The molecule has 2 amide bonds. The molecule has 0 aliphatic carbocycles. The third kappa shape index (κ3) is 5.31. The number of hydrogen-bond acceptors (Lipinski definition) is 3. The lowest BCUT2D eigenvalue weighted by atomic mass is 10.2. The first-order chi connectivity index (χ1) is 11.9. The van der Waals surface area contributed by atoms with Crippen molar-refractivity contribution in [3.8, 4) is 0 Å². The molecular weight excluding hydrogens is 338 g/mol. The van der Waals surface area contributed by atoms with Crippen LogP contribution in [0.25, 0.3) is 0 Å². The van der Waals surface area contributed by atoms with Gasteiger partial charge in [-0.15, -0.1) is 0 Å². The summed E-state index contributed by atoms with van der Waals surface area (Å²) in [5.41, 5.74) is 1.45. The molecule has 0 aromatic heterocycles. The highest BCUT2D eigenvalue weighted by Gasteiger charge is 2.23. The Labute approximate surface area is 153 Å². The highest BCUT2D eigenvalue weighted by Crippen LogP contribution is 2.16. The molecule has 132 valence electrons. The van der Waals surface area contributed by atoms with Gasteiger partial charge in [0.25, 0.3) is 0 Å². The maximum absolute atomic E-state index is 12.6. The third-order valence-corrected chi connectivity index (χ3v) is 4.23. The van der Waals surface area contributed by atoms with Gasteiger partial charge in [-0.1, -0.05) is 35.9 Å². The second-order valence-corrected chi connectivity index (χ2v) is 6.32. The Morgan fingerprint density at radius 3 is 2.40 bits per heavy atom. The van der Waals surface area contributed by atoms with Crippen LogP contribution in [0.15, 0.2) is 54.6 Å². The van der Waals surface area contributed by atoms with E-state index >= 15 is 0 Å². The summed E-state index contributed by atoms with van der Waals surface area (Å²) in [4.78, 5) is 28.1. The molecule has 0 spiro atoms. The Hall–Kier alpha value is -2.37. The first kappa shape index (κ1) is 19.0. The molecule has 1 atom stereocenters. The van der Waals surface area contributed by atoms with Crippen LogP contribution in [-0.4, -0.2) is 43.4 Å². The fraction of sp³-hybridized carbons (Fsp3) is 0.263. The molecule has 0 radical (unpaired) electrons. The molecule has 25 heavy (non-hydrogen) atoms. The minimum atomic E-state index is -0.435. The van der Waals surface area contributed by atoms with Gasteiger partial charge >= 0.3 is 0 Å². The van der Waals surface area contributed by atoms with Crippen LogP contribution in [0, 0.1) is 0 Å². The first-order valence-corrected chi connectivity index (χ1v) is 8.34. The zero-order chi connectivity index (χ0) is 18.4. The van der Waals surface area contributed by atoms with Gasteiger partial charge in [0.2, 0.25) is 11.8 Å². The SMILES string of the molecule is CC(C(=O)N(C)c1ccccc1)N(C)CC(=O)Nc1cccc(Cl)c1. The Kier molecular flexibility index (Phi) is 6.56.